The highest BCUT2D eigenvalue weighted by Crippen LogP contribution is 2.26. The van der Waals surface area contributed by atoms with E-state index >= 15 is 0 Å². The summed E-state index contributed by atoms with van der Waals surface area (Å²) in [5, 5.41) is 3.71. The maximum absolute atomic E-state index is 13.0. The van der Waals surface area contributed by atoms with Crippen molar-refractivity contribution in [2.24, 2.45) is 0 Å². The average Bonchev–Trinajstić information content (AvgIpc) is 2.75. The van der Waals surface area contributed by atoms with E-state index in [4.69, 9.17) is 27.9 Å². The second kappa shape index (κ2) is 11.8. The molecule has 0 bridgehead atoms. The number of hydrogen-bond acceptors (Lipinski definition) is 3. The lowest BCUT2D eigenvalue weighted by Crippen LogP contribution is -2.49. The molecule has 0 unspecified atom stereocenters. The fraction of sp³-hybridized carbons (Fsp3) is 0.391. The van der Waals surface area contributed by atoms with E-state index in [2.05, 4.69) is 12.2 Å². The minimum Gasteiger partial charge on any atom is -0.484 e. The number of aryl methyl sites for hydroxylation is 1. The Balaban J connectivity index is 2.18. The molecule has 2 aromatic carbocycles. The van der Waals surface area contributed by atoms with E-state index in [1.807, 2.05) is 31.2 Å². The van der Waals surface area contributed by atoms with Crippen LogP contribution < -0.4 is 10.1 Å². The molecule has 0 saturated heterocycles. The Labute approximate surface area is 188 Å². The van der Waals surface area contributed by atoms with Gasteiger partial charge in [0.2, 0.25) is 5.91 Å². The Morgan fingerprint density at radius 2 is 1.70 bits per heavy atom. The van der Waals surface area contributed by atoms with Crippen molar-refractivity contribution in [3.8, 4) is 5.75 Å². The van der Waals surface area contributed by atoms with Crippen LogP contribution >= 0.6 is 23.2 Å². The minimum absolute atomic E-state index is 0.107. The summed E-state index contributed by atoms with van der Waals surface area (Å²) in [5.74, 6) is 0.0322. The van der Waals surface area contributed by atoms with Crippen LogP contribution in [-0.4, -0.2) is 35.9 Å². The van der Waals surface area contributed by atoms with Crippen molar-refractivity contribution in [1.82, 2.24) is 10.2 Å². The van der Waals surface area contributed by atoms with Gasteiger partial charge in [0.25, 0.3) is 5.91 Å². The van der Waals surface area contributed by atoms with Crippen LogP contribution in [0.2, 0.25) is 10.0 Å². The molecule has 5 nitrogen and oxygen atoms in total. The molecule has 0 aliphatic heterocycles. The molecule has 30 heavy (non-hydrogen) atoms. The summed E-state index contributed by atoms with van der Waals surface area (Å²) in [6, 6.07) is 12.0. The third kappa shape index (κ3) is 6.64. The predicted octanol–water partition coefficient (Wildman–Crippen LogP) is 4.88. The van der Waals surface area contributed by atoms with Crippen molar-refractivity contribution >= 4 is 35.0 Å². The van der Waals surface area contributed by atoms with Gasteiger partial charge in [0, 0.05) is 28.7 Å². The molecule has 2 aromatic rings. The zero-order valence-corrected chi connectivity index (χ0v) is 19.1. The van der Waals surface area contributed by atoms with Crippen molar-refractivity contribution in [3.63, 3.8) is 0 Å². The quantitative estimate of drug-likeness (QED) is 0.560. The molecule has 7 heteroatoms. The van der Waals surface area contributed by atoms with Gasteiger partial charge in [-0.15, -0.1) is 0 Å². The van der Waals surface area contributed by atoms with Gasteiger partial charge in [0.15, 0.2) is 6.61 Å². The second-order valence-corrected chi connectivity index (χ2v) is 7.79. The summed E-state index contributed by atoms with van der Waals surface area (Å²) in [4.78, 5) is 27.0. The van der Waals surface area contributed by atoms with Crippen LogP contribution in [0.5, 0.6) is 5.75 Å². The number of amides is 2. The van der Waals surface area contributed by atoms with Crippen LogP contribution in [0.25, 0.3) is 0 Å². The topological polar surface area (TPSA) is 58.6 Å². The van der Waals surface area contributed by atoms with Crippen LogP contribution in [0.4, 0.5) is 0 Å². The number of nitrogens with one attached hydrogen (secondary N) is 1. The first-order valence-corrected chi connectivity index (χ1v) is 10.8. The van der Waals surface area contributed by atoms with E-state index in [1.165, 1.54) is 10.5 Å². The van der Waals surface area contributed by atoms with Gasteiger partial charge < -0.3 is 15.0 Å². The lowest BCUT2D eigenvalue weighted by Gasteiger charge is -2.29. The van der Waals surface area contributed by atoms with Gasteiger partial charge in [0.1, 0.15) is 11.8 Å². The summed E-state index contributed by atoms with van der Waals surface area (Å²) in [5.41, 5.74) is 1.78. The van der Waals surface area contributed by atoms with E-state index in [-0.39, 0.29) is 25.0 Å². The van der Waals surface area contributed by atoms with Crippen LogP contribution in [-0.2, 0) is 22.6 Å². The van der Waals surface area contributed by atoms with E-state index in [0.717, 1.165) is 12.8 Å². The number of hydrogen-bond donors (Lipinski definition) is 1. The smallest absolute Gasteiger partial charge is 0.261 e. The SMILES string of the molecule is CCCNC(=O)[C@@H](C)N(Cc1c(Cl)cccc1Cl)C(=O)COc1ccc(CC)cc1. The van der Waals surface area contributed by atoms with E-state index in [1.54, 1.807) is 25.1 Å². The number of carbonyl (C=O) groups is 2. The second-order valence-electron chi connectivity index (χ2n) is 6.98. The number of carbonyl (C=O) groups excluding carboxylic acids is 2. The molecular weight excluding hydrogens is 423 g/mol. The maximum Gasteiger partial charge on any atom is 0.261 e. The fourth-order valence-electron chi connectivity index (χ4n) is 2.88. The van der Waals surface area contributed by atoms with Crippen molar-refractivity contribution in [1.29, 1.82) is 0 Å². The number of benzene rings is 2. The summed E-state index contributed by atoms with van der Waals surface area (Å²) in [6.45, 7) is 6.17. The molecule has 1 N–H and O–H groups in total. The fourth-order valence-corrected chi connectivity index (χ4v) is 3.40. The average molecular weight is 451 g/mol. The van der Waals surface area contributed by atoms with Gasteiger partial charge in [-0.1, -0.05) is 55.2 Å². The molecule has 0 radical (unpaired) electrons. The van der Waals surface area contributed by atoms with E-state index < -0.39 is 6.04 Å². The van der Waals surface area contributed by atoms with Crippen molar-refractivity contribution in [2.75, 3.05) is 13.2 Å². The molecule has 0 heterocycles. The zero-order valence-electron chi connectivity index (χ0n) is 17.6. The molecule has 2 amide bonds. The molecule has 0 saturated carbocycles. The highest BCUT2D eigenvalue weighted by atomic mass is 35.5. The van der Waals surface area contributed by atoms with Crippen LogP contribution in [0.3, 0.4) is 0 Å². The zero-order chi connectivity index (χ0) is 22.1. The summed E-state index contributed by atoms with van der Waals surface area (Å²) >= 11 is 12.6. The third-order valence-electron chi connectivity index (χ3n) is 4.80. The number of nitrogens with zero attached hydrogens (tertiary/aromatic N) is 1. The predicted molar refractivity (Wildman–Crippen MR) is 121 cm³/mol. The van der Waals surface area contributed by atoms with Gasteiger partial charge in [-0.25, -0.2) is 0 Å². The van der Waals surface area contributed by atoms with Gasteiger partial charge in [-0.05, 0) is 49.6 Å². The highest BCUT2D eigenvalue weighted by Gasteiger charge is 2.27. The standard InChI is InChI=1S/C23H28Cl2N2O3/c1-4-13-26-23(29)16(3)27(14-19-20(24)7-6-8-21(19)25)22(28)15-30-18-11-9-17(5-2)10-12-18/h6-12,16H,4-5,13-15H2,1-3H3,(H,26,29)/t16-/m1/s1. The number of rotatable bonds is 10. The molecule has 162 valence electrons. The van der Waals surface area contributed by atoms with Gasteiger partial charge in [-0.3, -0.25) is 9.59 Å². The number of ether oxygens (including phenoxy) is 1. The van der Waals surface area contributed by atoms with E-state index in [9.17, 15) is 9.59 Å². The monoisotopic (exact) mass is 450 g/mol. The summed E-state index contributed by atoms with van der Waals surface area (Å²) in [6.07, 6.45) is 1.73. The molecule has 0 aliphatic carbocycles. The molecule has 0 fully saturated rings. The summed E-state index contributed by atoms with van der Waals surface area (Å²) in [7, 11) is 0. The molecule has 0 spiro atoms. The molecule has 0 aliphatic rings. The Bertz CT molecular complexity index is 836. The first-order valence-electron chi connectivity index (χ1n) is 10.1. The Kier molecular flexibility index (Phi) is 9.47. The first-order chi connectivity index (χ1) is 14.4. The normalized spacial score (nSPS) is 11.6. The summed E-state index contributed by atoms with van der Waals surface area (Å²) < 4.78 is 5.67. The maximum atomic E-state index is 13.0. The number of halogens is 2. The Morgan fingerprint density at radius 1 is 1.07 bits per heavy atom. The molecular formula is C23H28Cl2N2O3. The van der Waals surface area contributed by atoms with Crippen LogP contribution in [0, 0.1) is 0 Å². The van der Waals surface area contributed by atoms with Crippen LogP contribution in [0.1, 0.15) is 38.3 Å². The minimum atomic E-state index is -0.706. The highest BCUT2D eigenvalue weighted by molar-refractivity contribution is 6.36. The van der Waals surface area contributed by atoms with Gasteiger partial charge in [0.05, 0.1) is 0 Å². The first kappa shape index (κ1) is 24.0. The lowest BCUT2D eigenvalue weighted by molar-refractivity contribution is -0.142. The molecule has 0 aromatic heterocycles. The van der Waals surface area contributed by atoms with Gasteiger partial charge >= 0.3 is 0 Å². The molecule has 1 atom stereocenters. The lowest BCUT2D eigenvalue weighted by atomic mass is 10.1. The van der Waals surface area contributed by atoms with Crippen molar-refractivity contribution in [2.45, 2.75) is 46.2 Å². The van der Waals surface area contributed by atoms with Crippen molar-refractivity contribution in [3.05, 3.63) is 63.6 Å². The molecule has 2 rings (SSSR count). The van der Waals surface area contributed by atoms with Crippen LogP contribution in [0.15, 0.2) is 42.5 Å². The van der Waals surface area contributed by atoms with Gasteiger partial charge in [-0.2, -0.15) is 0 Å². The Morgan fingerprint density at radius 3 is 2.27 bits per heavy atom. The third-order valence-corrected chi connectivity index (χ3v) is 5.51. The largest absolute Gasteiger partial charge is 0.484 e. The van der Waals surface area contributed by atoms with Crippen molar-refractivity contribution < 1.29 is 14.3 Å². The Hall–Kier alpha value is -2.24. The van der Waals surface area contributed by atoms with E-state index in [0.29, 0.717) is 27.9 Å².